The summed E-state index contributed by atoms with van der Waals surface area (Å²) in [5.74, 6) is 1.71. The molecule has 0 amide bonds. The van der Waals surface area contributed by atoms with Crippen LogP contribution in [0.25, 0.3) is 0 Å². The first-order valence-corrected chi connectivity index (χ1v) is 5.69. The highest BCUT2D eigenvalue weighted by atomic mass is 15.1. The second kappa shape index (κ2) is 3.01. The summed E-state index contributed by atoms with van der Waals surface area (Å²) in [6.07, 6.45) is 11.1. The summed E-state index contributed by atoms with van der Waals surface area (Å²) >= 11 is 0. The zero-order chi connectivity index (χ0) is 9.54. The zero-order valence-electron chi connectivity index (χ0n) is 8.58. The van der Waals surface area contributed by atoms with Gasteiger partial charge in [-0.3, -0.25) is 0 Å². The fraction of sp³-hybridized carbons (Fsp3) is 0.538. The third-order valence-corrected chi connectivity index (χ3v) is 3.63. The summed E-state index contributed by atoms with van der Waals surface area (Å²) < 4.78 is 0. The maximum atomic E-state index is 4.22. The van der Waals surface area contributed by atoms with Crippen molar-refractivity contribution >= 4 is 0 Å². The molecule has 74 valence electrons. The van der Waals surface area contributed by atoms with Gasteiger partial charge in [0.15, 0.2) is 0 Å². The number of hydrogen-bond acceptors (Lipinski definition) is 1. The van der Waals surface area contributed by atoms with Gasteiger partial charge in [-0.15, -0.1) is 0 Å². The predicted molar refractivity (Wildman–Crippen MR) is 58.8 cm³/mol. The van der Waals surface area contributed by atoms with Crippen LogP contribution >= 0.6 is 0 Å². The number of allylic oxidation sites excluding steroid dienone is 3. The topological polar surface area (TPSA) is 3.24 Å². The van der Waals surface area contributed by atoms with Gasteiger partial charge in [0.2, 0.25) is 0 Å². The fourth-order valence-corrected chi connectivity index (χ4v) is 2.52. The van der Waals surface area contributed by atoms with Crippen molar-refractivity contribution < 1.29 is 0 Å². The Kier molecular flexibility index (Phi) is 1.79. The first kappa shape index (κ1) is 8.34. The third kappa shape index (κ3) is 1.31. The Morgan fingerprint density at radius 2 is 2.07 bits per heavy atom. The third-order valence-electron chi connectivity index (χ3n) is 3.63. The van der Waals surface area contributed by atoms with Crippen molar-refractivity contribution in [3.8, 4) is 0 Å². The van der Waals surface area contributed by atoms with Gasteiger partial charge in [0, 0.05) is 18.8 Å². The Morgan fingerprint density at radius 1 is 1.29 bits per heavy atom. The Balaban J connectivity index is 1.75. The lowest BCUT2D eigenvalue weighted by molar-refractivity contribution is 0.437. The molecule has 0 bridgehead atoms. The first-order valence-electron chi connectivity index (χ1n) is 5.69. The molecule has 1 heteroatoms. The van der Waals surface area contributed by atoms with Gasteiger partial charge in [-0.05, 0) is 36.7 Å². The highest BCUT2D eigenvalue weighted by molar-refractivity contribution is 5.43. The van der Waals surface area contributed by atoms with Crippen LogP contribution in [0.4, 0.5) is 0 Å². The molecule has 3 aliphatic rings. The number of likely N-dealkylation sites (tertiary alicyclic amines) is 1. The average molecular weight is 187 g/mol. The van der Waals surface area contributed by atoms with Crippen molar-refractivity contribution in [1.29, 1.82) is 0 Å². The minimum Gasteiger partial charge on any atom is -0.372 e. The molecular weight excluding hydrogens is 170 g/mol. The predicted octanol–water partition coefficient (Wildman–Crippen LogP) is 2.73. The molecular formula is C13H17N. The molecule has 0 aromatic carbocycles. The summed E-state index contributed by atoms with van der Waals surface area (Å²) in [6, 6.07) is 0. The summed E-state index contributed by atoms with van der Waals surface area (Å²) in [5.41, 5.74) is 2.63. The van der Waals surface area contributed by atoms with Gasteiger partial charge in [0.05, 0.1) is 0 Å². The molecule has 0 aromatic rings. The molecule has 0 radical (unpaired) electrons. The monoisotopic (exact) mass is 187 g/mol. The summed E-state index contributed by atoms with van der Waals surface area (Å²) in [6.45, 7) is 6.63. The van der Waals surface area contributed by atoms with Crippen molar-refractivity contribution in [2.75, 3.05) is 13.1 Å². The van der Waals surface area contributed by atoms with Crippen LogP contribution in [0.15, 0.2) is 36.1 Å². The van der Waals surface area contributed by atoms with Crippen LogP contribution in [0.5, 0.6) is 0 Å². The molecule has 3 rings (SSSR count). The van der Waals surface area contributed by atoms with E-state index in [1.807, 2.05) is 0 Å². The smallest absolute Gasteiger partial charge is 0.0363 e. The molecule has 1 saturated carbocycles. The van der Waals surface area contributed by atoms with E-state index in [9.17, 15) is 0 Å². The van der Waals surface area contributed by atoms with Gasteiger partial charge >= 0.3 is 0 Å². The summed E-state index contributed by atoms with van der Waals surface area (Å²) in [5, 5.41) is 0. The molecule has 0 spiro atoms. The van der Waals surface area contributed by atoms with Crippen molar-refractivity contribution in [2.45, 2.75) is 19.3 Å². The molecule has 2 fully saturated rings. The van der Waals surface area contributed by atoms with E-state index >= 15 is 0 Å². The van der Waals surface area contributed by atoms with E-state index in [1.165, 1.54) is 43.6 Å². The fourth-order valence-electron chi connectivity index (χ4n) is 2.52. The first-order chi connectivity index (χ1) is 6.84. The summed E-state index contributed by atoms with van der Waals surface area (Å²) in [4.78, 5) is 2.43. The molecule has 1 nitrogen and oxygen atoms in total. The number of fused-ring (bicyclic) bond motifs is 1. The molecule has 0 N–H and O–H groups in total. The van der Waals surface area contributed by atoms with Crippen molar-refractivity contribution in [1.82, 2.24) is 4.90 Å². The second-order valence-electron chi connectivity index (χ2n) is 4.69. The van der Waals surface area contributed by atoms with E-state index in [2.05, 4.69) is 29.7 Å². The normalized spacial score (nSPS) is 34.0. The van der Waals surface area contributed by atoms with Crippen LogP contribution in [-0.2, 0) is 0 Å². The highest BCUT2D eigenvalue weighted by Crippen LogP contribution is 2.45. The molecule has 2 unspecified atom stereocenters. The lowest BCUT2D eigenvalue weighted by atomic mass is 10.0. The highest BCUT2D eigenvalue weighted by Gasteiger charge is 2.35. The van der Waals surface area contributed by atoms with E-state index in [1.54, 1.807) is 0 Å². The maximum Gasteiger partial charge on any atom is 0.0363 e. The van der Waals surface area contributed by atoms with Crippen molar-refractivity contribution in [3.63, 3.8) is 0 Å². The van der Waals surface area contributed by atoms with Crippen LogP contribution in [0.1, 0.15) is 19.3 Å². The van der Waals surface area contributed by atoms with E-state index in [4.69, 9.17) is 0 Å². The molecule has 1 saturated heterocycles. The largest absolute Gasteiger partial charge is 0.372 e. The van der Waals surface area contributed by atoms with Crippen LogP contribution < -0.4 is 0 Å². The number of hydrogen-bond donors (Lipinski definition) is 0. The van der Waals surface area contributed by atoms with E-state index in [0.717, 1.165) is 11.8 Å². The molecule has 0 aromatic heterocycles. The number of rotatable bonds is 2. The van der Waals surface area contributed by atoms with Crippen LogP contribution in [-0.4, -0.2) is 18.0 Å². The number of nitrogens with zero attached hydrogens (tertiary/aromatic N) is 1. The van der Waals surface area contributed by atoms with Crippen LogP contribution in [0.2, 0.25) is 0 Å². The van der Waals surface area contributed by atoms with E-state index in [0.29, 0.717) is 0 Å². The maximum absolute atomic E-state index is 4.22. The summed E-state index contributed by atoms with van der Waals surface area (Å²) in [7, 11) is 0. The molecule has 2 aliphatic carbocycles. The molecule has 1 heterocycles. The van der Waals surface area contributed by atoms with Crippen LogP contribution in [0, 0.1) is 11.8 Å². The SMILES string of the molecule is C=C(C1=CC2CC2C=C1)N1CCCC1. The lowest BCUT2D eigenvalue weighted by Crippen LogP contribution is -2.19. The minimum absolute atomic E-state index is 0.842. The van der Waals surface area contributed by atoms with E-state index in [-0.39, 0.29) is 0 Å². The molecule has 2 atom stereocenters. The Hall–Kier alpha value is -0.980. The van der Waals surface area contributed by atoms with Crippen LogP contribution in [0.3, 0.4) is 0 Å². The Morgan fingerprint density at radius 3 is 2.79 bits per heavy atom. The minimum atomic E-state index is 0.842. The van der Waals surface area contributed by atoms with Crippen molar-refractivity contribution in [3.05, 3.63) is 36.1 Å². The van der Waals surface area contributed by atoms with E-state index < -0.39 is 0 Å². The zero-order valence-corrected chi connectivity index (χ0v) is 8.58. The Labute approximate surface area is 85.8 Å². The van der Waals surface area contributed by atoms with Gasteiger partial charge in [-0.2, -0.15) is 0 Å². The quantitative estimate of drug-likeness (QED) is 0.642. The second-order valence-corrected chi connectivity index (χ2v) is 4.69. The van der Waals surface area contributed by atoms with Gasteiger partial charge in [0.1, 0.15) is 0 Å². The van der Waals surface area contributed by atoms with Gasteiger partial charge < -0.3 is 4.90 Å². The lowest BCUT2D eigenvalue weighted by Gasteiger charge is -2.22. The molecule has 14 heavy (non-hydrogen) atoms. The van der Waals surface area contributed by atoms with Crippen molar-refractivity contribution in [2.24, 2.45) is 11.8 Å². The average Bonchev–Trinajstić information content (AvgIpc) is 2.78. The standard InChI is InChI=1S/C13H17N/c1-10(14-6-2-3-7-14)11-4-5-12-9-13(12)8-11/h4-5,8,12-13H,1-3,6-7,9H2. The molecule has 1 aliphatic heterocycles. The Bertz CT molecular complexity index is 318. The van der Waals surface area contributed by atoms with Gasteiger partial charge in [-0.25, -0.2) is 0 Å². The van der Waals surface area contributed by atoms with Gasteiger partial charge in [-0.1, -0.05) is 24.8 Å². The van der Waals surface area contributed by atoms with Gasteiger partial charge in [0.25, 0.3) is 0 Å².